The molecule has 1 atom stereocenters. The van der Waals surface area contributed by atoms with Crippen molar-refractivity contribution in [1.29, 1.82) is 0 Å². The third-order valence-corrected chi connectivity index (χ3v) is 3.37. The molecular weight excluding hydrogens is 251 g/mol. The van der Waals surface area contributed by atoms with Gasteiger partial charge in [0.05, 0.1) is 0 Å². The Hall–Kier alpha value is -2.04. The lowest BCUT2D eigenvalue weighted by atomic mass is 9.76. The number of aldehydes is 1. The summed E-state index contributed by atoms with van der Waals surface area (Å²) in [4.78, 5) is 34.3. The van der Waals surface area contributed by atoms with Gasteiger partial charge in [0.2, 0.25) is 0 Å². The number of cyclic esters (lactones) is 1. The Morgan fingerprint density at radius 2 is 1.95 bits per heavy atom. The molecule has 1 saturated heterocycles. The Kier molecular flexibility index (Phi) is 3.74. The van der Waals surface area contributed by atoms with E-state index in [1.54, 1.807) is 0 Å². The number of hydrogen-bond acceptors (Lipinski definition) is 4. The Labute approximate surface area is 109 Å². The van der Waals surface area contributed by atoms with E-state index in [4.69, 9.17) is 4.74 Å². The molecule has 2 rings (SSSR count). The number of halogens is 1. The molecule has 100 valence electrons. The number of esters is 1. The van der Waals surface area contributed by atoms with Crippen LogP contribution in [0.25, 0.3) is 0 Å². The second-order valence-electron chi connectivity index (χ2n) is 4.59. The maximum absolute atomic E-state index is 12.8. The number of benzene rings is 1. The van der Waals surface area contributed by atoms with Crippen LogP contribution in [-0.2, 0) is 25.5 Å². The number of carbonyl (C=O) groups is 3. The predicted molar refractivity (Wildman–Crippen MR) is 63.8 cm³/mol. The second-order valence-corrected chi connectivity index (χ2v) is 4.59. The number of Topliss-reactive ketones (excluding diaryl/α,β-unsaturated/α-hetero) is 1. The highest BCUT2D eigenvalue weighted by molar-refractivity contribution is 6.09. The number of rotatable bonds is 5. The summed E-state index contributed by atoms with van der Waals surface area (Å²) in [6.45, 7) is -0.251. The first-order chi connectivity index (χ1) is 9.08. The van der Waals surface area contributed by atoms with Crippen molar-refractivity contribution in [3.8, 4) is 0 Å². The lowest BCUT2D eigenvalue weighted by Gasteiger charge is -2.22. The van der Waals surface area contributed by atoms with Crippen LogP contribution in [-0.4, -0.2) is 24.6 Å². The van der Waals surface area contributed by atoms with Crippen LogP contribution in [0.3, 0.4) is 0 Å². The van der Waals surface area contributed by atoms with Crippen LogP contribution >= 0.6 is 0 Å². The van der Waals surface area contributed by atoms with E-state index in [1.165, 1.54) is 24.3 Å². The van der Waals surface area contributed by atoms with E-state index < -0.39 is 11.4 Å². The van der Waals surface area contributed by atoms with Crippen molar-refractivity contribution < 1.29 is 23.5 Å². The fourth-order valence-corrected chi connectivity index (χ4v) is 2.28. The molecule has 19 heavy (non-hydrogen) atoms. The van der Waals surface area contributed by atoms with E-state index in [9.17, 15) is 18.8 Å². The van der Waals surface area contributed by atoms with E-state index in [0.717, 1.165) is 0 Å². The lowest BCUT2D eigenvalue weighted by molar-refractivity contribution is -0.147. The second kappa shape index (κ2) is 5.30. The van der Waals surface area contributed by atoms with Gasteiger partial charge >= 0.3 is 5.97 Å². The molecule has 1 heterocycles. The molecule has 0 spiro atoms. The summed E-state index contributed by atoms with van der Waals surface area (Å²) in [5.74, 6) is -1.29. The van der Waals surface area contributed by atoms with Crippen molar-refractivity contribution in [2.45, 2.75) is 19.3 Å². The molecule has 0 bridgehead atoms. The fourth-order valence-electron chi connectivity index (χ4n) is 2.28. The van der Waals surface area contributed by atoms with Gasteiger partial charge in [-0.2, -0.15) is 0 Å². The molecule has 4 nitrogen and oxygen atoms in total. The molecule has 0 saturated carbocycles. The van der Waals surface area contributed by atoms with Crippen molar-refractivity contribution in [1.82, 2.24) is 0 Å². The summed E-state index contributed by atoms with van der Waals surface area (Å²) in [6, 6.07) is 5.59. The van der Waals surface area contributed by atoms with Crippen LogP contribution in [0.5, 0.6) is 0 Å². The first-order valence-corrected chi connectivity index (χ1v) is 5.97. The van der Waals surface area contributed by atoms with Gasteiger partial charge in [-0.3, -0.25) is 9.59 Å². The highest BCUT2D eigenvalue weighted by Crippen LogP contribution is 2.35. The van der Waals surface area contributed by atoms with Gasteiger partial charge in [-0.1, -0.05) is 12.1 Å². The van der Waals surface area contributed by atoms with Crippen molar-refractivity contribution in [2.24, 2.45) is 5.41 Å². The molecule has 1 aromatic rings. The van der Waals surface area contributed by atoms with Crippen LogP contribution in [0.2, 0.25) is 0 Å². The largest absolute Gasteiger partial charge is 0.457 e. The van der Waals surface area contributed by atoms with Crippen LogP contribution in [0.4, 0.5) is 4.39 Å². The summed E-state index contributed by atoms with van der Waals surface area (Å²) in [7, 11) is 0. The quantitative estimate of drug-likeness (QED) is 0.459. The molecule has 0 unspecified atom stereocenters. The molecule has 0 radical (unpaired) electrons. The third-order valence-electron chi connectivity index (χ3n) is 3.37. The normalized spacial score (nSPS) is 22.4. The van der Waals surface area contributed by atoms with Gasteiger partial charge in [0.25, 0.3) is 0 Å². The van der Waals surface area contributed by atoms with Crippen LogP contribution in [0.15, 0.2) is 24.3 Å². The maximum Gasteiger partial charge on any atom is 0.320 e. The van der Waals surface area contributed by atoms with Gasteiger partial charge in [-0.25, -0.2) is 4.39 Å². The SMILES string of the molecule is O=CCC[C@@]1(Cc2ccc(F)cc2)C(=O)COC1=O. The number of carbonyl (C=O) groups excluding carboxylic acids is 3. The summed E-state index contributed by atoms with van der Waals surface area (Å²) in [5.41, 5.74) is -0.627. The van der Waals surface area contributed by atoms with E-state index in [1.807, 2.05) is 0 Å². The zero-order valence-electron chi connectivity index (χ0n) is 10.2. The molecule has 0 aliphatic carbocycles. The van der Waals surface area contributed by atoms with Crippen LogP contribution < -0.4 is 0 Å². The highest BCUT2D eigenvalue weighted by atomic mass is 19.1. The van der Waals surface area contributed by atoms with Gasteiger partial charge in [0.15, 0.2) is 12.4 Å². The zero-order valence-corrected chi connectivity index (χ0v) is 10.2. The Balaban J connectivity index is 2.27. The average Bonchev–Trinajstić information content (AvgIpc) is 2.68. The maximum atomic E-state index is 12.8. The molecular formula is C14H13FO4. The summed E-state index contributed by atoms with van der Waals surface area (Å²) in [6.07, 6.45) is 1.05. The minimum Gasteiger partial charge on any atom is -0.457 e. The molecule has 5 heteroatoms. The molecule has 0 amide bonds. The number of ketones is 1. The topological polar surface area (TPSA) is 60.4 Å². The van der Waals surface area contributed by atoms with Crippen LogP contribution in [0.1, 0.15) is 18.4 Å². The Morgan fingerprint density at radius 3 is 2.47 bits per heavy atom. The third kappa shape index (κ3) is 2.54. The lowest BCUT2D eigenvalue weighted by Crippen LogP contribution is -2.36. The summed E-state index contributed by atoms with van der Waals surface area (Å²) < 4.78 is 17.6. The molecule has 1 aromatic carbocycles. The minimum absolute atomic E-state index is 0.113. The van der Waals surface area contributed by atoms with Crippen molar-refractivity contribution >= 4 is 18.0 Å². The Bertz CT molecular complexity index is 491. The zero-order chi connectivity index (χ0) is 13.9. The predicted octanol–water partition coefficient (Wildman–Crippen LogP) is 1.46. The minimum atomic E-state index is -1.29. The number of hydrogen-bond donors (Lipinski definition) is 0. The van der Waals surface area contributed by atoms with Gasteiger partial charge in [0, 0.05) is 6.42 Å². The molecule has 1 aliphatic rings. The van der Waals surface area contributed by atoms with Gasteiger partial charge < -0.3 is 9.53 Å². The monoisotopic (exact) mass is 264 g/mol. The first-order valence-electron chi connectivity index (χ1n) is 5.97. The standard InChI is InChI=1S/C14H13FO4/c15-11-4-2-10(3-5-11)8-14(6-1-7-16)12(17)9-19-13(14)18/h2-5,7H,1,6,8-9H2/t14-/m1/s1. The van der Waals surface area contributed by atoms with Crippen LogP contribution in [0, 0.1) is 11.2 Å². The molecule has 0 aromatic heterocycles. The van der Waals surface area contributed by atoms with Crippen molar-refractivity contribution in [3.05, 3.63) is 35.6 Å². The van der Waals surface area contributed by atoms with Gasteiger partial charge in [0.1, 0.15) is 17.5 Å². The Morgan fingerprint density at radius 1 is 1.26 bits per heavy atom. The van der Waals surface area contributed by atoms with E-state index >= 15 is 0 Å². The summed E-state index contributed by atoms with van der Waals surface area (Å²) >= 11 is 0. The van der Waals surface area contributed by atoms with E-state index in [-0.39, 0.29) is 37.5 Å². The molecule has 1 aliphatic heterocycles. The average molecular weight is 264 g/mol. The van der Waals surface area contributed by atoms with Gasteiger partial charge in [-0.05, 0) is 30.5 Å². The summed E-state index contributed by atoms with van der Waals surface area (Å²) in [5, 5.41) is 0. The highest BCUT2D eigenvalue weighted by Gasteiger charge is 2.51. The van der Waals surface area contributed by atoms with Crippen molar-refractivity contribution in [2.75, 3.05) is 6.61 Å². The first kappa shape index (κ1) is 13.4. The van der Waals surface area contributed by atoms with E-state index in [0.29, 0.717) is 11.8 Å². The molecule has 1 fully saturated rings. The van der Waals surface area contributed by atoms with Gasteiger partial charge in [-0.15, -0.1) is 0 Å². The molecule has 0 N–H and O–H groups in total. The smallest absolute Gasteiger partial charge is 0.320 e. The fraction of sp³-hybridized carbons (Fsp3) is 0.357. The van der Waals surface area contributed by atoms with E-state index in [2.05, 4.69) is 0 Å². The van der Waals surface area contributed by atoms with Crippen molar-refractivity contribution in [3.63, 3.8) is 0 Å². The number of ether oxygens (including phenoxy) is 1.